The van der Waals surface area contributed by atoms with Gasteiger partial charge in [-0.2, -0.15) is 5.26 Å². The quantitative estimate of drug-likeness (QED) is 0.773. The predicted octanol–water partition coefficient (Wildman–Crippen LogP) is 0.724. The maximum atomic E-state index is 13.0. The standard InChI is InChI=1S/C22H25N5O3/c1-12(21(29)27-16(9-23)6-14-7-18(14)27)10-25-11-17-8-19(25)22(30)26(17)15-4-2-13(3-5-15)20(24)28/h2-5,12,14,16-19H,6-8,10-11H2,1H3,(H2,24,28)/t12-,14+,16-,17+,18?,19+/m0/s1. The third kappa shape index (κ3) is 2.88. The summed E-state index contributed by atoms with van der Waals surface area (Å²) in [6.07, 6.45) is 2.57. The second-order valence-corrected chi connectivity index (χ2v) is 9.07. The molecule has 2 bridgehead atoms. The highest BCUT2D eigenvalue weighted by atomic mass is 16.2. The monoisotopic (exact) mass is 407 g/mol. The van der Waals surface area contributed by atoms with Crippen molar-refractivity contribution < 1.29 is 14.4 Å². The van der Waals surface area contributed by atoms with E-state index in [9.17, 15) is 19.6 Å². The number of nitrogens with two attached hydrogens (primary N) is 1. The number of nitrogens with zero attached hydrogens (tertiary/aromatic N) is 4. The van der Waals surface area contributed by atoms with Crippen molar-refractivity contribution in [3.63, 3.8) is 0 Å². The van der Waals surface area contributed by atoms with Crippen molar-refractivity contribution in [2.24, 2.45) is 17.6 Å². The Balaban J connectivity index is 1.24. The third-order valence-corrected chi connectivity index (χ3v) is 7.14. The molecule has 8 heteroatoms. The smallest absolute Gasteiger partial charge is 0.248 e. The van der Waals surface area contributed by atoms with Crippen molar-refractivity contribution in [1.29, 1.82) is 5.26 Å². The first-order chi connectivity index (χ1) is 14.4. The van der Waals surface area contributed by atoms with Crippen LogP contribution in [-0.2, 0) is 9.59 Å². The van der Waals surface area contributed by atoms with Crippen LogP contribution in [-0.4, -0.2) is 64.8 Å². The fourth-order valence-electron chi connectivity index (χ4n) is 5.56. The number of hydrogen-bond donors (Lipinski definition) is 1. The average molecular weight is 407 g/mol. The number of fused-ring (bicyclic) bond motifs is 3. The first kappa shape index (κ1) is 19.1. The molecule has 3 amide bonds. The third-order valence-electron chi connectivity index (χ3n) is 7.14. The number of anilines is 1. The number of rotatable bonds is 5. The fraction of sp³-hybridized carbons (Fsp3) is 0.545. The van der Waals surface area contributed by atoms with E-state index in [0.29, 0.717) is 18.0 Å². The van der Waals surface area contributed by atoms with Crippen molar-refractivity contribution in [1.82, 2.24) is 9.80 Å². The molecule has 3 saturated heterocycles. The summed E-state index contributed by atoms with van der Waals surface area (Å²) in [4.78, 5) is 43.0. The molecule has 1 saturated carbocycles. The van der Waals surface area contributed by atoms with Crippen molar-refractivity contribution in [3.05, 3.63) is 29.8 Å². The van der Waals surface area contributed by atoms with Crippen LogP contribution in [0.3, 0.4) is 0 Å². The summed E-state index contributed by atoms with van der Waals surface area (Å²) in [5.74, 6) is -0.146. The zero-order valence-electron chi connectivity index (χ0n) is 16.9. The summed E-state index contributed by atoms with van der Waals surface area (Å²) in [6, 6.07) is 8.88. The first-order valence-electron chi connectivity index (χ1n) is 10.6. The topological polar surface area (TPSA) is 111 Å². The number of likely N-dealkylation sites (tertiary alicyclic amines) is 2. The number of nitriles is 1. The molecule has 4 aliphatic rings. The van der Waals surface area contributed by atoms with Gasteiger partial charge in [-0.05, 0) is 49.4 Å². The van der Waals surface area contributed by atoms with E-state index in [-0.39, 0.29) is 41.9 Å². The zero-order valence-corrected chi connectivity index (χ0v) is 16.9. The van der Waals surface area contributed by atoms with Crippen LogP contribution in [0.5, 0.6) is 0 Å². The Morgan fingerprint density at radius 3 is 2.60 bits per heavy atom. The van der Waals surface area contributed by atoms with Gasteiger partial charge in [0.15, 0.2) is 0 Å². The molecule has 3 aliphatic heterocycles. The Morgan fingerprint density at radius 2 is 1.97 bits per heavy atom. The largest absolute Gasteiger partial charge is 0.366 e. The molecule has 0 aromatic heterocycles. The van der Waals surface area contributed by atoms with Crippen LogP contribution >= 0.6 is 0 Å². The molecular weight excluding hydrogens is 382 g/mol. The molecule has 30 heavy (non-hydrogen) atoms. The van der Waals surface area contributed by atoms with E-state index in [2.05, 4.69) is 11.0 Å². The molecule has 3 heterocycles. The number of carbonyl (C=O) groups is 3. The van der Waals surface area contributed by atoms with Gasteiger partial charge >= 0.3 is 0 Å². The van der Waals surface area contributed by atoms with Crippen molar-refractivity contribution >= 4 is 23.4 Å². The van der Waals surface area contributed by atoms with Gasteiger partial charge < -0.3 is 15.5 Å². The predicted molar refractivity (Wildman–Crippen MR) is 108 cm³/mol. The Hall–Kier alpha value is -2.92. The van der Waals surface area contributed by atoms with Crippen LogP contribution < -0.4 is 10.6 Å². The maximum Gasteiger partial charge on any atom is 0.248 e. The number of carbonyl (C=O) groups excluding carboxylic acids is 3. The van der Waals surface area contributed by atoms with Crippen molar-refractivity contribution in [2.45, 2.75) is 50.4 Å². The molecule has 1 unspecified atom stereocenters. The number of primary amides is 1. The van der Waals surface area contributed by atoms with Gasteiger partial charge in [0.25, 0.3) is 0 Å². The maximum absolute atomic E-state index is 13.0. The van der Waals surface area contributed by atoms with Gasteiger partial charge in [-0.25, -0.2) is 0 Å². The Morgan fingerprint density at radius 1 is 1.23 bits per heavy atom. The molecule has 1 aromatic carbocycles. The van der Waals surface area contributed by atoms with E-state index in [0.717, 1.165) is 31.5 Å². The molecule has 1 aliphatic carbocycles. The van der Waals surface area contributed by atoms with Crippen LogP contribution in [0.4, 0.5) is 5.69 Å². The average Bonchev–Trinajstić information content (AvgIpc) is 3.07. The normalized spacial score (nSPS) is 32.8. The summed E-state index contributed by atoms with van der Waals surface area (Å²) in [6.45, 7) is 3.16. The second kappa shape index (κ2) is 6.81. The minimum atomic E-state index is -0.491. The second-order valence-electron chi connectivity index (χ2n) is 9.07. The molecule has 156 valence electrons. The molecule has 0 spiro atoms. The van der Waals surface area contributed by atoms with Crippen LogP contribution in [0.2, 0.25) is 0 Å². The van der Waals surface area contributed by atoms with Gasteiger partial charge in [-0.3, -0.25) is 19.3 Å². The minimum Gasteiger partial charge on any atom is -0.366 e. The highest BCUT2D eigenvalue weighted by Gasteiger charge is 2.55. The van der Waals surface area contributed by atoms with Gasteiger partial charge in [0, 0.05) is 36.3 Å². The number of benzene rings is 1. The molecule has 0 radical (unpaired) electrons. The lowest BCUT2D eigenvalue weighted by Crippen LogP contribution is -2.53. The molecule has 1 aromatic rings. The molecule has 6 atom stereocenters. The first-order valence-corrected chi connectivity index (χ1v) is 10.6. The highest BCUT2D eigenvalue weighted by molar-refractivity contribution is 6.02. The van der Waals surface area contributed by atoms with E-state index in [4.69, 9.17) is 5.73 Å². The van der Waals surface area contributed by atoms with Gasteiger partial charge in [0.05, 0.1) is 18.2 Å². The summed E-state index contributed by atoms with van der Waals surface area (Å²) < 4.78 is 0. The van der Waals surface area contributed by atoms with Gasteiger partial charge in [-0.1, -0.05) is 6.92 Å². The van der Waals surface area contributed by atoms with Crippen LogP contribution in [0.1, 0.15) is 36.5 Å². The van der Waals surface area contributed by atoms with Gasteiger partial charge in [0.1, 0.15) is 6.04 Å². The molecule has 2 N–H and O–H groups in total. The lowest BCUT2D eigenvalue weighted by atomic mass is 10.1. The molecule has 4 fully saturated rings. The number of hydrogen-bond acceptors (Lipinski definition) is 5. The highest BCUT2D eigenvalue weighted by Crippen LogP contribution is 2.48. The number of piperazine rings is 1. The number of amides is 3. The van der Waals surface area contributed by atoms with Crippen LogP contribution in [0.25, 0.3) is 0 Å². The fourth-order valence-corrected chi connectivity index (χ4v) is 5.56. The lowest BCUT2D eigenvalue weighted by Gasteiger charge is -2.35. The van der Waals surface area contributed by atoms with Crippen molar-refractivity contribution in [2.75, 3.05) is 18.0 Å². The van der Waals surface area contributed by atoms with Crippen LogP contribution in [0.15, 0.2) is 24.3 Å². The summed E-state index contributed by atoms with van der Waals surface area (Å²) >= 11 is 0. The van der Waals surface area contributed by atoms with Gasteiger partial charge in [-0.15, -0.1) is 0 Å². The van der Waals surface area contributed by atoms with Crippen LogP contribution in [0, 0.1) is 23.2 Å². The summed E-state index contributed by atoms with van der Waals surface area (Å²) in [5.41, 5.74) is 6.48. The zero-order chi connectivity index (χ0) is 21.2. The lowest BCUT2D eigenvalue weighted by molar-refractivity contribution is -0.137. The van der Waals surface area contributed by atoms with E-state index in [1.807, 2.05) is 6.92 Å². The molecule has 5 rings (SSSR count). The molecular formula is C22H25N5O3. The van der Waals surface area contributed by atoms with E-state index >= 15 is 0 Å². The Kier molecular flexibility index (Phi) is 4.33. The minimum absolute atomic E-state index is 0.0380. The Bertz CT molecular complexity index is 955. The Labute approximate surface area is 175 Å². The van der Waals surface area contributed by atoms with Crippen molar-refractivity contribution in [3.8, 4) is 6.07 Å². The van der Waals surface area contributed by atoms with E-state index < -0.39 is 5.91 Å². The number of piperidine rings is 1. The summed E-state index contributed by atoms with van der Waals surface area (Å²) in [5, 5.41) is 9.37. The van der Waals surface area contributed by atoms with Gasteiger partial charge in [0.2, 0.25) is 17.7 Å². The van der Waals surface area contributed by atoms with E-state index in [1.54, 1.807) is 34.1 Å². The summed E-state index contributed by atoms with van der Waals surface area (Å²) in [7, 11) is 0. The SMILES string of the molecule is C[C@@H](CN1C[C@H]2C[C@@H]1C(=O)N2c1ccc(C(N)=O)cc1)C(=O)N1C2C[C@H]2C[C@H]1C#N. The molecule has 8 nitrogen and oxygen atoms in total. The van der Waals surface area contributed by atoms with E-state index in [1.165, 1.54) is 0 Å².